The molecule has 3 fully saturated rings. The molecule has 6 rings (SSSR count). The number of ether oxygens (including phenoxy) is 1. The number of likely N-dealkylation sites (tertiary alicyclic amines) is 1. The molecular weight excluding hydrogens is 696 g/mol. The van der Waals surface area contributed by atoms with Crippen molar-refractivity contribution in [2.24, 2.45) is 5.92 Å². The van der Waals surface area contributed by atoms with Crippen molar-refractivity contribution in [2.75, 3.05) is 11.9 Å². The molecule has 2 aliphatic carbocycles. The van der Waals surface area contributed by atoms with E-state index >= 15 is 0 Å². The third-order valence-electron chi connectivity index (χ3n) is 10.4. The lowest BCUT2D eigenvalue weighted by Crippen LogP contribution is -2.57. The van der Waals surface area contributed by atoms with Crippen molar-refractivity contribution in [2.45, 2.75) is 107 Å². The van der Waals surface area contributed by atoms with Gasteiger partial charge in [-0.15, -0.1) is 6.58 Å². The first-order valence-corrected chi connectivity index (χ1v) is 19.4. The molecule has 1 saturated heterocycles. The lowest BCUT2D eigenvalue weighted by atomic mass is 10.0. The minimum atomic E-state index is -3.92. The van der Waals surface area contributed by atoms with Gasteiger partial charge in [-0.25, -0.2) is 22.0 Å². The molecule has 0 aromatic heterocycles. The summed E-state index contributed by atoms with van der Waals surface area (Å²) in [4.78, 5) is 58.0. The number of anilines is 1. The predicted octanol–water partition coefficient (Wildman–Crippen LogP) is 4.51. The van der Waals surface area contributed by atoms with E-state index in [1.165, 1.54) is 46.2 Å². The predicted molar refractivity (Wildman–Crippen MR) is 188 cm³/mol. The van der Waals surface area contributed by atoms with Crippen LogP contribution in [0.15, 0.2) is 55.1 Å². The smallest absolute Gasteiger partial charge is 0.410 e. The average molecular weight is 742 g/mol. The SMILES string of the molecule is C=C[C@@H]1C[C@]1(NC(=O)C1C[C@@H](OC(=O)N2Cc3cccc(F)c3C2)CN1C(=O)[C@H](CCCCCC)Nc1ccc(F)cc1)C(=O)NS(=O)(=O)C1CC1. The van der Waals surface area contributed by atoms with Gasteiger partial charge in [0.2, 0.25) is 21.8 Å². The van der Waals surface area contributed by atoms with E-state index < -0.39 is 80.4 Å². The van der Waals surface area contributed by atoms with Crippen LogP contribution < -0.4 is 15.4 Å². The average Bonchev–Trinajstić information content (AvgIpc) is 4.01. The molecule has 4 amide bonds. The lowest BCUT2D eigenvalue weighted by molar-refractivity contribution is -0.140. The van der Waals surface area contributed by atoms with Gasteiger partial charge in [0.15, 0.2) is 0 Å². The lowest BCUT2D eigenvalue weighted by Gasteiger charge is -2.30. The summed E-state index contributed by atoms with van der Waals surface area (Å²) in [6.07, 6.45) is 4.58. The molecule has 0 bridgehead atoms. The number of rotatable bonds is 15. The number of nitrogens with one attached hydrogen (secondary N) is 3. The van der Waals surface area contributed by atoms with Gasteiger partial charge in [-0.3, -0.25) is 24.0 Å². The van der Waals surface area contributed by atoms with Crippen LogP contribution in [0.1, 0.15) is 75.8 Å². The molecule has 0 radical (unpaired) electrons. The highest BCUT2D eigenvalue weighted by Crippen LogP contribution is 2.45. The molecule has 2 aromatic carbocycles. The molecule has 3 N–H and O–H groups in total. The monoisotopic (exact) mass is 741 g/mol. The minimum Gasteiger partial charge on any atom is -0.444 e. The van der Waals surface area contributed by atoms with Crippen LogP contribution in [0.2, 0.25) is 0 Å². The van der Waals surface area contributed by atoms with Crippen LogP contribution in [0, 0.1) is 17.6 Å². The summed E-state index contributed by atoms with van der Waals surface area (Å²) in [5.41, 5.74) is -0.0323. The number of carbonyl (C=O) groups excluding carboxylic acids is 4. The van der Waals surface area contributed by atoms with Crippen LogP contribution in [0.5, 0.6) is 0 Å². The van der Waals surface area contributed by atoms with Gasteiger partial charge in [-0.05, 0) is 61.6 Å². The molecule has 2 heterocycles. The summed E-state index contributed by atoms with van der Waals surface area (Å²) in [6, 6.07) is 8.16. The van der Waals surface area contributed by atoms with E-state index in [4.69, 9.17) is 4.74 Å². The summed E-state index contributed by atoms with van der Waals surface area (Å²) in [5, 5.41) is 5.27. The van der Waals surface area contributed by atoms with Gasteiger partial charge in [0.05, 0.1) is 18.3 Å². The van der Waals surface area contributed by atoms with Crippen LogP contribution in [-0.2, 0) is 42.2 Å². The largest absolute Gasteiger partial charge is 0.444 e. The second-order valence-corrected chi connectivity index (χ2v) is 16.2. The molecule has 280 valence electrons. The highest BCUT2D eigenvalue weighted by Gasteiger charge is 2.62. The first kappa shape index (κ1) is 37.2. The fourth-order valence-electron chi connectivity index (χ4n) is 7.10. The number of hydrogen-bond donors (Lipinski definition) is 3. The van der Waals surface area contributed by atoms with Crippen molar-refractivity contribution in [3.8, 4) is 0 Å². The van der Waals surface area contributed by atoms with Gasteiger partial charge < -0.3 is 20.3 Å². The Balaban J connectivity index is 1.23. The molecule has 2 aliphatic heterocycles. The van der Waals surface area contributed by atoms with Gasteiger partial charge in [-0.1, -0.05) is 50.8 Å². The molecule has 5 atom stereocenters. The van der Waals surface area contributed by atoms with Gasteiger partial charge in [0.25, 0.3) is 5.91 Å². The fraction of sp³-hybridized carbons (Fsp3) is 0.514. The fourth-order valence-corrected chi connectivity index (χ4v) is 8.47. The summed E-state index contributed by atoms with van der Waals surface area (Å²) in [6.45, 7) is 5.81. The van der Waals surface area contributed by atoms with Gasteiger partial charge in [0, 0.05) is 30.1 Å². The van der Waals surface area contributed by atoms with E-state index in [-0.39, 0.29) is 32.5 Å². The second-order valence-electron chi connectivity index (χ2n) is 14.2. The molecule has 12 nitrogen and oxygen atoms in total. The van der Waals surface area contributed by atoms with Crippen LogP contribution in [-0.4, -0.2) is 77.6 Å². The summed E-state index contributed by atoms with van der Waals surface area (Å²) in [5.74, 6) is -3.46. The van der Waals surface area contributed by atoms with Crippen LogP contribution in [0.4, 0.5) is 19.3 Å². The molecule has 15 heteroatoms. The van der Waals surface area contributed by atoms with Crippen molar-refractivity contribution in [1.29, 1.82) is 0 Å². The zero-order valence-corrected chi connectivity index (χ0v) is 29.9. The van der Waals surface area contributed by atoms with E-state index in [9.17, 15) is 36.4 Å². The number of nitrogens with zero attached hydrogens (tertiary/aromatic N) is 2. The topological polar surface area (TPSA) is 154 Å². The zero-order chi connectivity index (χ0) is 37.2. The Labute approximate surface area is 302 Å². The van der Waals surface area contributed by atoms with Gasteiger partial charge in [-0.2, -0.15) is 0 Å². The van der Waals surface area contributed by atoms with E-state index in [0.717, 1.165) is 19.3 Å². The van der Waals surface area contributed by atoms with Crippen LogP contribution in [0.25, 0.3) is 0 Å². The standard InChI is InChI=1S/C37H45F2N5O7S/c1-3-5-6-7-11-31(40-26-14-12-25(38)13-15-26)34(46)44-21-27(51-36(48)43-20-23-9-8-10-30(39)29(23)22-43)18-32(44)33(45)41-37(19-24(37)4-2)35(47)42-52(49,50)28-16-17-28/h4,8-10,12-15,24,27-28,31-32,40H,2-3,5-7,11,16-22H2,1H3,(H,41,45)(H,42,47)/t24-,27-,31+,32?,37-/m1/s1. The molecule has 2 aromatic rings. The number of halogens is 2. The van der Waals surface area contributed by atoms with Crippen molar-refractivity contribution < 1.29 is 41.1 Å². The molecule has 4 aliphatic rings. The molecule has 1 unspecified atom stereocenters. The van der Waals surface area contributed by atoms with Gasteiger partial charge in [0.1, 0.15) is 35.4 Å². The Morgan fingerprint density at radius 2 is 1.81 bits per heavy atom. The van der Waals surface area contributed by atoms with Gasteiger partial charge >= 0.3 is 6.09 Å². The quantitative estimate of drug-likeness (QED) is 0.178. The van der Waals surface area contributed by atoms with E-state index in [1.807, 2.05) is 0 Å². The highest BCUT2D eigenvalue weighted by atomic mass is 32.2. The van der Waals surface area contributed by atoms with Crippen LogP contribution >= 0.6 is 0 Å². The summed E-state index contributed by atoms with van der Waals surface area (Å²) < 4.78 is 61.4. The van der Waals surface area contributed by atoms with E-state index in [0.29, 0.717) is 42.5 Å². The van der Waals surface area contributed by atoms with E-state index in [2.05, 4.69) is 28.9 Å². The maximum Gasteiger partial charge on any atom is 0.410 e. The third-order valence-corrected chi connectivity index (χ3v) is 12.2. The number of carbonyl (C=O) groups is 4. The first-order valence-electron chi connectivity index (χ1n) is 17.9. The molecule has 2 saturated carbocycles. The Kier molecular flexibility index (Phi) is 10.9. The number of unbranched alkanes of at least 4 members (excludes halogenated alkanes) is 3. The van der Waals surface area contributed by atoms with Crippen LogP contribution in [0.3, 0.4) is 0 Å². The zero-order valence-electron chi connectivity index (χ0n) is 29.1. The maximum atomic E-state index is 14.4. The second kappa shape index (κ2) is 15.2. The van der Waals surface area contributed by atoms with Crippen molar-refractivity contribution in [1.82, 2.24) is 19.8 Å². The Bertz CT molecular complexity index is 1820. The number of benzene rings is 2. The molecule has 52 heavy (non-hydrogen) atoms. The number of amides is 4. The Morgan fingerprint density at radius 1 is 1.06 bits per heavy atom. The highest BCUT2D eigenvalue weighted by molar-refractivity contribution is 7.91. The number of fused-ring (bicyclic) bond motifs is 1. The Morgan fingerprint density at radius 3 is 2.46 bits per heavy atom. The third kappa shape index (κ3) is 8.08. The van der Waals surface area contributed by atoms with E-state index in [1.54, 1.807) is 12.1 Å². The Hall–Kier alpha value is -4.53. The number of hydrogen-bond acceptors (Lipinski definition) is 8. The minimum absolute atomic E-state index is 0.00584. The normalized spacial score (nSPS) is 24.1. The summed E-state index contributed by atoms with van der Waals surface area (Å²) >= 11 is 0. The summed E-state index contributed by atoms with van der Waals surface area (Å²) in [7, 11) is -3.92. The van der Waals surface area contributed by atoms with Crippen molar-refractivity contribution in [3.05, 3.63) is 77.9 Å². The maximum absolute atomic E-state index is 14.4. The first-order chi connectivity index (χ1) is 24.8. The molecule has 0 spiro atoms. The molecular formula is C37H45F2N5O7S. The van der Waals surface area contributed by atoms with Crippen molar-refractivity contribution in [3.63, 3.8) is 0 Å². The van der Waals surface area contributed by atoms with Crippen molar-refractivity contribution >= 4 is 39.5 Å². The number of sulfonamides is 1.